The van der Waals surface area contributed by atoms with Crippen molar-refractivity contribution in [1.29, 1.82) is 0 Å². The molecule has 0 radical (unpaired) electrons. The number of hydrogen-bond donors (Lipinski definition) is 2. The van der Waals surface area contributed by atoms with Gasteiger partial charge in [0, 0.05) is 26.4 Å². The minimum Gasteiger partial charge on any atom is -0.379 e. The van der Waals surface area contributed by atoms with Crippen LogP contribution in [0.1, 0.15) is 104 Å². The van der Waals surface area contributed by atoms with Crippen molar-refractivity contribution in [3.63, 3.8) is 0 Å². The van der Waals surface area contributed by atoms with Crippen LogP contribution in [-0.2, 0) is 48.7 Å². The summed E-state index contributed by atoms with van der Waals surface area (Å²) in [5, 5.41) is 0. The minimum atomic E-state index is -4.05. The third kappa shape index (κ3) is 37.9. The molecule has 0 aromatic rings. The van der Waals surface area contributed by atoms with Crippen molar-refractivity contribution in [2.24, 2.45) is 0 Å². The van der Waals surface area contributed by atoms with E-state index >= 15 is 0 Å². The number of ether oxygens (including phenoxy) is 6. The Hall–Kier alpha value is -0.940. The molecule has 0 aromatic carbocycles. The van der Waals surface area contributed by atoms with Crippen molar-refractivity contribution in [1.82, 2.24) is 0 Å². The van der Waals surface area contributed by atoms with Crippen LogP contribution < -0.4 is 0 Å². The molecular weight excluding hydrogens is 664 g/mol. The third-order valence-electron chi connectivity index (χ3n) is 6.99. The van der Waals surface area contributed by atoms with Crippen molar-refractivity contribution < 1.29 is 54.4 Å². The molecule has 2 N–H and O–H groups in total. The van der Waals surface area contributed by atoms with Crippen LogP contribution in [-0.4, -0.2) is 116 Å². The fraction of sp³-hybridized carbons (Fsp3) is 0.882. The van der Waals surface area contributed by atoms with Gasteiger partial charge in [0.05, 0.1) is 51.1 Å². The monoisotopic (exact) mass is 730 g/mol. The van der Waals surface area contributed by atoms with E-state index in [1.807, 2.05) is 0 Å². The second-order valence-electron chi connectivity index (χ2n) is 11.8. The first-order valence-electron chi connectivity index (χ1n) is 17.8. The molecule has 0 aliphatic rings. The zero-order valence-corrected chi connectivity index (χ0v) is 31.3. The molecule has 0 rings (SSSR count). The lowest BCUT2D eigenvalue weighted by molar-refractivity contribution is -0.0825. The molecule has 0 aromatic heterocycles. The maximum absolute atomic E-state index is 11.0. The van der Waals surface area contributed by atoms with Gasteiger partial charge in [0.25, 0.3) is 20.2 Å². The summed E-state index contributed by atoms with van der Waals surface area (Å²) in [5.41, 5.74) is 0. The third-order valence-corrected chi connectivity index (χ3v) is 8.60. The van der Waals surface area contributed by atoms with Gasteiger partial charge in [-0.15, -0.1) is 0 Å². The molecule has 286 valence electrons. The molecule has 14 heteroatoms. The molecule has 0 heterocycles. The Morgan fingerprint density at radius 3 is 1.12 bits per heavy atom. The summed E-state index contributed by atoms with van der Waals surface area (Å²) in [5.74, 6) is -0.752. The molecule has 2 unspecified atom stereocenters. The second-order valence-corrected chi connectivity index (χ2v) is 14.9. The summed E-state index contributed by atoms with van der Waals surface area (Å²) in [6.45, 7) is 7.36. The zero-order chi connectivity index (χ0) is 35.6. The fourth-order valence-electron chi connectivity index (χ4n) is 4.35. The molecule has 0 spiro atoms. The van der Waals surface area contributed by atoms with Gasteiger partial charge < -0.3 is 28.4 Å². The van der Waals surface area contributed by atoms with Gasteiger partial charge in [-0.2, -0.15) is 16.8 Å². The van der Waals surface area contributed by atoms with E-state index in [2.05, 4.69) is 38.2 Å². The average Bonchev–Trinajstić information content (AvgIpc) is 3.02. The Balaban J connectivity index is 4.49. The first-order valence-corrected chi connectivity index (χ1v) is 21.0. The van der Waals surface area contributed by atoms with Crippen LogP contribution in [0.3, 0.4) is 0 Å². The van der Waals surface area contributed by atoms with E-state index in [4.69, 9.17) is 37.5 Å². The van der Waals surface area contributed by atoms with Gasteiger partial charge >= 0.3 is 0 Å². The van der Waals surface area contributed by atoms with Gasteiger partial charge in [-0.05, 0) is 64.2 Å². The molecule has 0 amide bonds. The van der Waals surface area contributed by atoms with Gasteiger partial charge in [0.15, 0.2) is 0 Å². The van der Waals surface area contributed by atoms with E-state index < -0.39 is 32.4 Å². The molecule has 0 saturated heterocycles. The number of allylic oxidation sites excluding steroid dienone is 4. The maximum atomic E-state index is 11.0. The van der Waals surface area contributed by atoms with E-state index in [9.17, 15) is 16.8 Å². The lowest BCUT2D eigenvalue weighted by atomic mass is 10.2. The highest BCUT2D eigenvalue weighted by atomic mass is 32.2. The van der Waals surface area contributed by atoms with Gasteiger partial charge in [-0.3, -0.25) is 9.11 Å². The predicted molar refractivity (Wildman–Crippen MR) is 190 cm³/mol. The highest BCUT2D eigenvalue weighted by Crippen LogP contribution is 2.05. The highest BCUT2D eigenvalue weighted by Gasteiger charge is 2.14. The number of rotatable bonds is 37. The van der Waals surface area contributed by atoms with Crippen LogP contribution in [0.5, 0.6) is 0 Å². The molecule has 12 nitrogen and oxygen atoms in total. The van der Waals surface area contributed by atoms with Crippen molar-refractivity contribution in [2.45, 2.75) is 116 Å². The van der Waals surface area contributed by atoms with Crippen LogP contribution in [0.15, 0.2) is 24.3 Å². The van der Waals surface area contributed by atoms with Crippen molar-refractivity contribution in [3.05, 3.63) is 24.3 Å². The summed E-state index contributed by atoms with van der Waals surface area (Å²) in [6.07, 6.45) is 21.5. The van der Waals surface area contributed by atoms with Crippen molar-refractivity contribution >= 4 is 20.2 Å². The van der Waals surface area contributed by atoms with Crippen LogP contribution in [0.4, 0.5) is 0 Å². The minimum absolute atomic E-state index is 0.139. The molecule has 2 atom stereocenters. The standard InChI is InChI=1S/C34H66O12S2/c1-3-5-7-9-11-13-15-17-21-41-29-33(45-23-19-27-47(35,36)37)31-43-25-26-44-32-34(46-24-20-28-48(38,39)40)30-42-22-18-16-14-12-10-8-6-4-2/h11-14,33-34H,3-10,15-32H2,1-2H3,(H,35,36,37)(H,38,39,40)/b13-11+,14-12+. The van der Waals surface area contributed by atoms with Crippen LogP contribution in [0, 0.1) is 0 Å². The Labute approximate surface area is 291 Å². The number of hydrogen-bond acceptors (Lipinski definition) is 10. The van der Waals surface area contributed by atoms with Crippen molar-refractivity contribution in [3.8, 4) is 0 Å². The smallest absolute Gasteiger partial charge is 0.264 e. The summed E-state index contributed by atoms with van der Waals surface area (Å²) in [7, 11) is -8.10. The average molecular weight is 731 g/mol. The molecular formula is C34H66O12S2. The Morgan fingerprint density at radius 2 is 0.792 bits per heavy atom. The van der Waals surface area contributed by atoms with E-state index in [-0.39, 0.29) is 64.0 Å². The predicted octanol–water partition coefficient (Wildman–Crippen LogP) is 6.21. The van der Waals surface area contributed by atoms with Crippen molar-refractivity contribution in [2.75, 3.05) is 77.6 Å². The highest BCUT2D eigenvalue weighted by molar-refractivity contribution is 7.86. The fourth-order valence-corrected chi connectivity index (χ4v) is 5.32. The Bertz CT molecular complexity index is 893. The summed E-state index contributed by atoms with van der Waals surface area (Å²) >= 11 is 0. The first-order chi connectivity index (χ1) is 23.1. The van der Waals surface area contributed by atoms with E-state index in [0.717, 1.165) is 38.5 Å². The summed E-state index contributed by atoms with van der Waals surface area (Å²) in [6, 6.07) is 0. The SMILES string of the molecule is CCCCC/C=C/CCCOCC(COCCOCC(COCCC/C=C/CCCCC)OCCCS(=O)(=O)O)OCCCS(=O)(=O)O. The maximum Gasteiger partial charge on any atom is 0.264 e. The molecule has 48 heavy (non-hydrogen) atoms. The summed E-state index contributed by atoms with van der Waals surface area (Å²) in [4.78, 5) is 0. The van der Waals surface area contributed by atoms with Crippen LogP contribution in [0.25, 0.3) is 0 Å². The molecule has 0 aliphatic carbocycles. The van der Waals surface area contributed by atoms with Crippen LogP contribution >= 0.6 is 0 Å². The Kier molecular flexibility index (Phi) is 32.6. The van der Waals surface area contributed by atoms with E-state index in [1.165, 1.54) is 38.5 Å². The van der Waals surface area contributed by atoms with Crippen LogP contribution in [0.2, 0.25) is 0 Å². The largest absolute Gasteiger partial charge is 0.379 e. The second kappa shape index (κ2) is 33.2. The van der Waals surface area contributed by atoms with Gasteiger partial charge in [0.2, 0.25) is 0 Å². The van der Waals surface area contributed by atoms with E-state index in [0.29, 0.717) is 26.4 Å². The molecule has 0 aliphatic heterocycles. The molecule has 0 fully saturated rings. The number of unbranched alkanes of at least 4 members (excludes halogenated alkanes) is 8. The molecule has 0 bridgehead atoms. The first kappa shape index (κ1) is 47.1. The lowest BCUT2D eigenvalue weighted by Gasteiger charge is -2.20. The van der Waals surface area contributed by atoms with Gasteiger partial charge in [0.1, 0.15) is 12.2 Å². The topological polar surface area (TPSA) is 164 Å². The normalized spacial score (nSPS) is 14.0. The lowest BCUT2D eigenvalue weighted by Crippen LogP contribution is -2.29. The zero-order valence-electron chi connectivity index (χ0n) is 29.6. The Morgan fingerprint density at radius 1 is 0.458 bits per heavy atom. The van der Waals surface area contributed by atoms with Gasteiger partial charge in [-0.1, -0.05) is 63.8 Å². The van der Waals surface area contributed by atoms with Gasteiger partial charge in [-0.25, -0.2) is 0 Å². The summed E-state index contributed by atoms with van der Waals surface area (Å²) < 4.78 is 96.5. The molecule has 0 saturated carbocycles. The quantitative estimate of drug-likeness (QED) is 0.0423. The van der Waals surface area contributed by atoms with E-state index in [1.54, 1.807) is 0 Å².